The fourth-order valence-electron chi connectivity index (χ4n) is 1.31. The Bertz CT molecular complexity index is 272. The van der Waals surface area contributed by atoms with Crippen LogP contribution in [0.2, 0.25) is 0 Å². The van der Waals surface area contributed by atoms with E-state index in [1.54, 1.807) is 11.8 Å². The summed E-state index contributed by atoms with van der Waals surface area (Å²) in [6.07, 6.45) is 0.0137. The molecule has 1 unspecified atom stereocenters. The van der Waals surface area contributed by atoms with Crippen molar-refractivity contribution in [2.24, 2.45) is 0 Å². The molecule has 0 rings (SSSR count). The number of hydrogen-bond donors (Lipinski definition) is 0. The van der Waals surface area contributed by atoms with Gasteiger partial charge in [0.25, 0.3) is 0 Å². The minimum absolute atomic E-state index is 0.0631. The Morgan fingerprint density at radius 1 is 1.05 bits per heavy atom. The van der Waals surface area contributed by atoms with Crippen LogP contribution in [0.3, 0.4) is 0 Å². The number of esters is 1. The Hall–Kier alpha value is -0.260. The molecule has 20 heavy (non-hydrogen) atoms. The first-order chi connectivity index (χ1) is 9.10. The van der Waals surface area contributed by atoms with Crippen LogP contribution >= 0.6 is 11.8 Å². The molecule has 1 atom stereocenters. The molecule has 0 bridgehead atoms. The number of carbonyl (C=O) groups excluding carboxylic acids is 1. The molecule has 0 aliphatic rings. The maximum absolute atomic E-state index is 11.7. The molecule has 0 aromatic carbocycles. The van der Waals surface area contributed by atoms with Crippen LogP contribution in [0, 0.1) is 0 Å². The first kappa shape index (κ1) is 19.7. The maximum atomic E-state index is 11.7. The van der Waals surface area contributed by atoms with Crippen LogP contribution in [0.25, 0.3) is 0 Å². The van der Waals surface area contributed by atoms with E-state index in [1.807, 2.05) is 27.7 Å². The van der Waals surface area contributed by atoms with Crippen LogP contribution in [0.4, 0.5) is 0 Å². The summed E-state index contributed by atoms with van der Waals surface area (Å²) in [5.41, 5.74) is 0. The normalized spacial score (nSPS) is 13.8. The van der Waals surface area contributed by atoms with Gasteiger partial charge in [-0.25, -0.2) is 0 Å². The zero-order chi connectivity index (χ0) is 15.8. The SMILES string of the molecule is CC(C)OCC(COC(=O)CSC(C)(C)C)OC(C)C. The third-order valence-corrected chi connectivity index (χ3v) is 3.38. The lowest BCUT2D eigenvalue weighted by molar-refractivity contribution is -0.149. The quantitative estimate of drug-likeness (QED) is 0.612. The van der Waals surface area contributed by atoms with Gasteiger partial charge in [0, 0.05) is 4.75 Å². The zero-order valence-electron chi connectivity index (χ0n) is 13.9. The summed E-state index contributed by atoms with van der Waals surface area (Å²) in [5.74, 6) is 0.162. The van der Waals surface area contributed by atoms with E-state index in [1.165, 1.54) is 0 Å². The van der Waals surface area contributed by atoms with Gasteiger partial charge in [-0.15, -0.1) is 11.8 Å². The second-order valence-electron chi connectivity index (χ2n) is 6.27. The molecule has 0 aliphatic carbocycles. The third kappa shape index (κ3) is 12.8. The van der Waals surface area contributed by atoms with Gasteiger partial charge in [0.1, 0.15) is 12.7 Å². The molecular weight excluding hydrogens is 276 g/mol. The van der Waals surface area contributed by atoms with Gasteiger partial charge >= 0.3 is 5.97 Å². The highest BCUT2D eigenvalue weighted by molar-refractivity contribution is 8.01. The summed E-state index contributed by atoms with van der Waals surface area (Å²) in [6.45, 7) is 14.8. The number of rotatable bonds is 9. The average Bonchev–Trinajstić information content (AvgIpc) is 2.28. The van der Waals surface area contributed by atoms with Crippen LogP contribution in [0.1, 0.15) is 48.5 Å². The van der Waals surface area contributed by atoms with Crippen LogP contribution in [-0.2, 0) is 19.0 Å². The van der Waals surface area contributed by atoms with Crippen molar-refractivity contribution in [3.8, 4) is 0 Å². The van der Waals surface area contributed by atoms with Crippen molar-refractivity contribution >= 4 is 17.7 Å². The van der Waals surface area contributed by atoms with Gasteiger partial charge in [0.15, 0.2) is 0 Å². The molecular formula is C15H30O4S. The van der Waals surface area contributed by atoms with Gasteiger partial charge in [-0.3, -0.25) is 4.79 Å². The standard InChI is InChI=1S/C15H30O4S/c1-11(2)17-8-13(19-12(3)4)9-18-14(16)10-20-15(5,6)7/h11-13H,8-10H2,1-7H3. The zero-order valence-corrected chi connectivity index (χ0v) is 14.7. The highest BCUT2D eigenvalue weighted by atomic mass is 32.2. The first-order valence-electron chi connectivity index (χ1n) is 7.16. The van der Waals surface area contributed by atoms with Crippen LogP contribution < -0.4 is 0 Å². The first-order valence-corrected chi connectivity index (χ1v) is 8.15. The van der Waals surface area contributed by atoms with Gasteiger partial charge < -0.3 is 14.2 Å². The number of ether oxygens (including phenoxy) is 3. The molecule has 0 saturated heterocycles. The summed E-state index contributed by atoms with van der Waals surface area (Å²) in [7, 11) is 0. The van der Waals surface area contributed by atoms with Crippen molar-refractivity contribution < 1.29 is 19.0 Å². The van der Waals surface area contributed by atoms with E-state index in [0.717, 1.165) is 0 Å². The monoisotopic (exact) mass is 306 g/mol. The Labute approximate surface area is 127 Å². The molecule has 0 aliphatic heterocycles. The summed E-state index contributed by atoms with van der Waals surface area (Å²) < 4.78 is 16.5. The number of hydrogen-bond acceptors (Lipinski definition) is 5. The lowest BCUT2D eigenvalue weighted by Gasteiger charge is -2.22. The van der Waals surface area contributed by atoms with E-state index in [4.69, 9.17) is 14.2 Å². The summed E-state index contributed by atoms with van der Waals surface area (Å²) in [6, 6.07) is 0. The molecule has 0 heterocycles. The second-order valence-corrected chi connectivity index (χ2v) is 8.08. The van der Waals surface area contributed by atoms with Crippen molar-refractivity contribution in [3.05, 3.63) is 0 Å². The van der Waals surface area contributed by atoms with Crippen molar-refractivity contribution in [2.75, 3.05) is 19.0 Å². The summed E-state index contributed by atoms with van der Waals surface area (Å²) in [4.78, 5) is 11.7. The van der Waals surface area contributed by atoms with Crippen molar-refractivity contribution in [2.45, 2.75) is 71.5 Å². The van der Waals surface area contributed by atoms with Crippen LogP contribution in [-0.4, -0.2) is 48.0 Å². The predicted molar refractivity (Wildman–Crippen MR) is 84.3 cm³/mol. The maximum Gasteiger partial charge on any atom is 0.316 e. The Morgan fingerprint density at radius 2 is 1.65 bits per heavy atom. The van der Waals surface area contributed by atoms with Gasteiger partial charge in [-0.1, -0.05) is 20.8 Å². The van der Waals surface area contributed by atoms with E-state index >= 15 is 0 Å². The highest BCUT2D eigenvalue weighted by Crippen LogP contribution is 2.22. The van der Waals surface area contributed by atoms with E-state index in [2.05, 4.69) is 20.8 Å². The molecule has 0 aromatic heterocycles. The van der Waals surface area contributed by atoms with Gasteiger partial charge in [0.2, 0.25) is 0 Å². The van der Waals surface area contributed by atoms with Crippen molar-refractivity contribution in [1.82, 2.24) is 0 Å². The Kier molecular flexibility index (Phi) is 9.51. The smallest absolute Gasteiger partial charge is 0.316 e. The van der Waals surface area contributed by atoms with Gasteiger partial charge in [-0.05, 0) is 27.7 Å². The largest absolute Gasteiger partial charge is 0.462 e. The number of carbonyl (C=O) groups is 1. The topological polar surface area (TPSA) is 44.8 Å². The molecule has 4 nitrogen and oxygen atoms in total. The molecule has 0 aromatic rings. The molecule has 0 saturated carbocycles. The predicted octanol–water partition coefficient (Wildman–Crippen LogP) is 3.28. The second kappa shape index (κ2) is 9.64. The molecule has 120 valence electrons. The van der Waals surface area contributed by atoms with Crippen molar-refractivity contribution in [3.63, 3.8) is 0 Å². The molecule has 0 radical (unpaired) electrons. The van der Waals surface area contributed by atoms with E-state index in [-0.39, 0.29) is 35.6 Å². The summed E-state index contributed by atoms with van der Waals surface area (Å²) in [5, 5.41) is 0. The third-order valence-electron chi connectivity index (χ3n) is 2.13. The molecule has 0 amide bonds. The fourth-order valence-corrected chi connectivity index (χ4v) is 1.95. The summed E-state index contributed by atoms with van der Waals surface area (Å²) >= 11 is 1.58. The molecule has 0 N–H and O–H groups in total. The lowest BCUT2D eigenvalue weighted by atomic mass is 10.3. The van der Waals surface area contributed by atoms with Crippen molar-refractivity contribution in [1.29, 1.82) is 0 Å². The Morgan fingerprint density at radius 3 is 2.10 bits per heavy atom. The minimum Gasteiger partial charge on any atom is -0.462 e. The average molecular weight is 306 g/mol. The van der Waals surface area contributed by atoms with Gasteiger partial charge in [-0.2, -0.15) is 0 Å². The lowest BCUT2D eigenvalue weighted by Crippen LogP contribution is -2.31. The van der Waals surface area contributed by atoms with E-state index in [9.17, 15) is 4.79 Å². The van der Waals surface area contributed by atoms with E-state index in [0.29, 0.717) is 12.4 Å². The van der Waals surface area contributed by atoms with Crippen LogP contribution in [0.5, 0.6) is 0 Å². The van der Waals surface area contributed by atoms with Crippen LogP contribution in [0.15, 0.2) is 0 Å². The fraction of sp³-hybridized carbons (Fsp3) is 0.933. The molecule has 5 heteroatoms. The van der Waals surface area contributed by atoms with Gasteiger partial charge in [0.05, 0.1) is 24.6 Å². The van der Waals surface area contributed by atoms with E-state index < -0.39 is 0 Å². The molecule has 0 fully saturated rings. The Balaban J connectivity index is 4.07. The minimum atomic E-state index is -0.207. The number of thioether (sulfide) groups is 1. The molecule has 0 spiro atoms. The highest BCUT2D eigenvalue weighted by Gasteiger charge is 2.17.